The van der Waals surface area contributed by atoms with E-state index in [9.17, 15) is 5.11 Å². The van der Waals surface area contributed by atoms with Crippen LogP contribution < -0.4 is 5.73 Å². The van der Waals surface area contributed by atoms with E-state index in [4.69, 9.17) is 5.73 Å². The van der Waals surface area contributed by atoms with Crippen LogP contribution in [0.5, 0.6) is 5.75 Å². The molecule has 16 heavy (non-hydrogen) atoms. The van der Waals surface area contributed by atoms with E-state index in [1.54, 1.807) is 12.1 Å². The van der Waals surface area contributed by atoms with E-state index in [0.29, 0.717) is 23.4 Å². The van der Waals surface area contributed by atoms with Gasteiger partial charge in [-0.05, 0) is 38.1 Å². The Labute approximate surface area is 97.9 Å². The van der Waals surface area contributed by atoms with Crippen LogP contribution in [-0.2, 0) is 6.54 Å². The predicted octanol–water partition coefficient (Wildman–Crippen LogP) is 2.45. The summed E-state index contributed by atoms with van der Waals surface area (Å²) < 4.78 is 0. The normalized spacial score (nSPS) is 13.4. The van der Waals surface area contributed by atoms with Crippen LogP contribution in [0, 0.1) is 5.92 Å². The third-order valence-electron chi connectivity index (χ3n) is 3.18. The van der Waals surface area contributed by atoms with E-state index in [-0.39, 0.29) is 0 Å². The SMILES string of the molecule is CC(C)C(C)N(C)Cc1cc(N)ccc1O. The Bertz CT molecular complexity index is 350. The Morgan fingerprint density at radius 1 is 1.31 bits per heavy atom. The average Bonchev–Trinajstić information content (AvgIpc) is 2.22. The van der Waals surface area contributed by atoms with Crippen LogP contribution in [0.25, 0.3) is 0 Å². The highest BCUT2D eigenvalue weighted by atomic mass is 16.3. The second kappa shape index (κ2) is 5.21. The Kier molecular flexibility index (Phi) is 4.19. The lowest BCUT2D eigenvalue weighted by atomic mass is 10.0. The van der Waals surface area contributed by atoms with Crippen molar-refractivity contribution in [2.75, 3.05) is 12.8 Å². The molecule has 1 aromatic carbocycles. The molecule has 0 saturated carbocycles. The molecule has 3 N–H and O–H groups in total. The molecule has 0 radical (unpaired) electrons. The Balaban J connectivity index is 2.76. The number of anilines is 1. The molecule has 1 atom stereocenters. The van der Waals surface area contributed by atoms with Crippen LogP contribution in [-0.4, -0.2) is 23.1 Å². The van der Waals surface area contributed by atoms with E-state index in [1.807, 2.05) is 6.07 Å². The zero-order valence-corrected chi connectivity index (χ0v) is 10.6. The number of rotatable bonds is 4. The maximum atomic E-state index is 9.72. The van der Waals surface area contributed by atoms with Gasteiger partial charge in [-0.15, -0.1) is 0 Å². The topological polar surface area (TPSA) is 49.5 Å². The lowest BCUT2D eigenvalue weighted by molar-refractivity contribution is 0.198. The van der Waals surface area contributed by atoms with Crippen molar-refractivity contribution in [2.24, 2.45) is 5.92 Å². The Morgan fingerprint density at radius 3 is 2.50 bits per heavy atom. The van der Waals surface area contributed by atoms with Gasteiger partial charge in [0.25, 0.3) is 0 Å². The molecule has 3 heteroatoms. The molecule has 1 unspecified atom stereocenters. The van der Waals surface area contributed by atoms with Crippen LogP contribution in [0.4, 0.5) is 5.69 Å². The third-order valence-corrected chi connectivity index (χ3v) is 3.18. The van der Waals surface area contributed by atoms with Crippen molar-refractivity contribution in [1.29, 1.82) is 0 Å². The number of aromatic hydroxyl groups is 1. The molecule has 0 saturated heterocycles. The number of phenolic OH excluding ortho intramolecular Hbond substituents is 1. The van der Waals surface area contributed by atoms with Crippen molar-refractivity contribution in [3.63, 3.8) is 0 Å². The quantitative estimate of drug-likeness (QED) is 0.607. The van der Waals surface area contributed by atoms with E-state index in [0.717, 1.165) is 12.1 Å². The minimum Gasteiger partial charge on any atom is -0.508 e. The van der Waals surface area contributed by atoms with Crippen LogP contribution in [0.2, 0.25) is 0 Å². The summed E-state index contributed by atoms with van der Waals surface area (Å²) in [4.78, 5) is 2.22. The molecule has 0 aromatic heterocycles. The van der Waals surface area contributed by atoms with Gasteiger partial charge in [-0.3, -0.25) is 4.90 Å². The number of phenols is 1. The van der Waals surface area contributed by atoms with Gasteiger partial charge in [0.15, 0.2) is 0 Å². The van der Waals surface area contributed by atoms with E-state index >= 15 is 0 Å². The molecule has 0 aliphatic carbocycles. The van der Waals surface area contributed by atoms with Gasteiger partial charge in [-0.1, -0.05) is 13.8 Å². The summed E-state index contributed by atoms with van der Waals surface area (Å²) in [5.41, 5.74) is 7.29. The molecule has 1 aromatic rings. The smallest absolute Gasteiger partial charge is 0.120 e. The summed E-state index contributed by atoms with van der Waals surface area (Å²) in [5, 5.41) is 9.72. The van der Waals surface area contributed by atoms with Gasteiger partial charge in [0.2, 0.25) is 0 Å². The second-order valence-corrected chi connectivity index (χ2v) is 4.79. The van der Waals surface area contributed by atoms with Gasteiger partial charge in [0.05, 0.1) is 0 Å². The molecule has 0 aliphatic rings. The first kappa shape index (κ1) is 12.8. The van der Waals surface area contributed by atoms with Crippen molar-refractivity contribution in [3.8, 4) is 5.75 Å². The number of nitrogens with zero attached hydrogens (tertiary/aromatic N) is 1. The summed E-state index contributed by atoms with van der Waals surface area (Å²) in [6.45, 7) is 7.30. The maximum Gasteiger partial charge on any atom is 0.120 e. The standard InChI is InChI=1S/C13H22N2O/c1-9(2)10(3)15(4)8-11-7-12(14)5-6-13(11)16/h5-7,9-10,16H,8,14H2,1-4H3. The van der Waals surface area contributed by atoms with Crippen LogP contribution in [0.15, 0.2) is 18.2 Å². The number of nitrogen functional groups attached to an aromatic ring is 1. The van der Waals surface area contributed by atoms with Gasteiger partial charge in [-0.25, -0.2) is 0 Å². The number of hydrogen-bond donors (Lipinski definition) is 2. The van der Waals surface area contributed by atoms with Gasteiger partial charge in [0, 0.05) is 23.8 Å². The largest absolute Gasteiger partial charge is 0.508 e. The van der Waals surface area contributed by atoms with Crippen LogP contribution in [0.3, 0.4) is 0 Å². The van der Waals surface area contributed by atoms with Crippen molar-refractivity contribution in [3.05, 3.63) is 23.8 Å². The lowest BCUT2D eigenvalue weighted by Gasteiger charge is -2.28. The van der Waals surface area contributed by atoms with E-state index < -0.39 is 0 Å². The fourth-order valence-electron chi connectivity index (χ4n) is 1.65. The molecular weight excluding hydrogens is 200 g/mol. The van der Waals surface area contributed by atoms with Crippen molar-refractivity contribution in [2.45, 2.75) is 33.4 Å². The molecular formula is C13H22N2O. The molecule has 0 spiro atoms. The maximum absolute atomic E-state index is 9.72. The van der Waals surface area contributed by atoms with Gasteiger partial charge in [-0.2, -0.15) is 0 Å². The monoisotopic (exact) mass is 222 g/mol. The van der Waals surface area contributed by atoms with Crippen molar-refractivity contribution < 1.29 is 5.11 Å². The first-order valence-corrected chi connectivity index (χ1v) is 5.69. The lowest BCUT2D eigenvalue weighted by Crippen LogP contribution is -2.32. The minimum absolute atomic E-state index is 0.317. The van der Waals surface area contributed by atoms with Crippen LogP contribution >= 0.6 is 0 Å². The number of nitrogens with two attached hydrogens (primary N) is 1. The fourth-order valence-corrected chi connectivity index (χ4v) is 1.65. The molecule has 0 amide bonds. The summed E-state index contributed by atoms with van der Waals surface area (Å²) >= 11 is 0. The average molecular weight is 222 g/mol. The fraction of sp³-hybridized carbons (Fsp3) is 0.538. The highest BCUT2D eigenvalue weighted by Gasteiger charge is 2.14. The van der Waals surface area contributed by atoms with E-state index in [1.165, 1.54) is 0 Å². The summed E-state index contributed by atoms with van der Waals surface area (Å²) in [6.07, 6.45) is 0. The Hall–Kier alpha value is -1.22. The van der Waals surface area contributed by atoms with Gasteiger partial charge < -0.3 is 10.8 Å². The predicted molar refractivity (Wildman–Crippen MR) is 68.3 cm³/mol. The number of benzene rings is 1. The molecule has 90 valence electrons. The first-order valence-electron chi connectivity index (χ1n) is 5.69. The number of hydrogen-bond acceptors (Lipinski definition) is 3. The molecule has 1 rings (SSSR count). The second-order valence-electron chi connectivity index (χ2n) is 4.79. The highest BCUT2D eigenvalue weighted by Crippen LogP contribution is 2.22. The minimum atomic E-state index is 0.317. The molecule has 0 bridgehead atoms. The molecule has 0 aliphatic heterocycles. The summed E-state index contributed by atoms with van der Waals surface area (Å²) in [5.74, 6) is 0.908. The zero-order valence-electron chi connectivity index (χ0n) is 10.6. The van der Waals surface area contributed by atoms with Crippen LogP contribution in [0.1, 0.15) is 26.3 Å². The first-order chi connectivity index (χ1) is 7.41. The van der Waals surface area contributed by atoms with E-state index in [2.05, 4.69) is 32.7 Å². The highest BCUT2D eigenvalue weighted by molar-refractivity contribution is 5.47. The van der Waals surface area contributed by atoms with Crippen molar-refractivity contribution in [1.82, 2.24) is 4.90 Å². The Morgan fingerprint density at radius 2 is 1.94 bits per heavy atom. The third kappa shape index (κ3) is 3.14. The summed E-state index contributed by atoms with van der Waals surface area (Å²) in [7, 11) is 2.06. The molecule has 0 heterocycles. The summed E-state index contributed by atoms with van der Waals surface area (Å²) in [6, 6.07) is 5.67. The van der Waals surface area contributed by atoms with Gasteiger partial charge in [0.1, 0.15) is 5.75 Å². The molecule has 3 nitrogen and oxygen atoms in total. The van der Waals surface area contributed by atoms with Gasteiger partial charge >= 0.3 is 0 Å². The van der Waals surface area contributed by atoms with Crippen molar-refractivity contribution >= 4 is 5.69 Å². The zero-order chi connectivity index (χ0) is 12.3. The molecule has 0 fully saturated rings.